The fourth-order valence-electron chi connectivity index (χ4n) is 1.92. The Hall–Kier alpha value is -1.88. The van der Waals surface area contributed by atoms with E-state index in [-0.39, 0.29) is 12.5 Å². The molecule has 1 heterocycles. The Morgan fingerprint density at radius 3 is 3.06 bits per heavy atom. The zero-order valence-corrected chi connectivity index (χ0v) is 10.4. The molecule has 0 atom stereocenters. The first kappa shape index (κ1) is 12.6. The van der Waals surface area contributed by atoms with Crippen LogP contribution in [0.4, 0.5) is 0 Å². The monoisotopic (exact) mass is 247 g/mol. The van der Waals surface area contributed by atoms with E-state index in [1.807, 2.05) is 19.1 Å². The van der Waals surface area contributed by atoms with E-state index in [9.17, 15) is 4.79 Å². The molecule has 1 amide bonds. The van der Waals surface area contributed by atoms with Crippen LogP contribution in [0.2, 0.25) is 0 Å². The number of hydrogen-bond donors (Lipinski definition) is 2. The van der Waals surface area contributed by atoms with E-state index >= 15 is 0 Å². The van der Waals surface area contributed by atoms with Gasteiger partial charge in [0.1, 0.15) is 0 Å². The number of nitrogens with zero attached hydrogens (tertiary/aromatic N) is 2. The van der Waals surface area contributed by atoms with Gasteiger partial charge in [-0.1, -0.05) is 0 Å². The lowest BCUT2D eigenvalue weighted by Crippen LogP contribution is -2.32. The van der Waals surface area contributed by atoms with E-state index in [4.69, 9.17) is 5.11 Å². The summed E-state index contributed by atoms with van der Waals surface area (Å²) in [7, 11) is 0. The van der Waals surface area contributed by atoms with Crippen LogP contribution in [-0.2, 0) is 0 Å². The van der Waals surface area contributed by atoms with Crippen molar-refractivity contribution in [2.24, 2.45) is 0 Å². The van der Waals surface area contributed by atoms with Gasteiger partial charge in [0.25, 0.3) is 5.91 Å². The van der Waals surface area contributed by atoms with Gasteiger partial charge < -0.3 is 10.0 Å². The van der Waals surface area contributed by atoms with E-state index in [0.717, 1.165) is 10.9 Å². The van der Waals surface area contributed by atoms with Crippen LogP contribution in [0.15, 0.2) is 24.4 Å². The number of rotatable bonds is 5. The van der Waals surface area contributed by atoms with Gasteiger partial charge in [0.05, 0.1) is 11.7 Å². The normalized spacial score (nSPS) is 10.8. The van der Waals surface area contributed by atoms with Crippen LogP contribution in [0.3, 0.4) is 0 Å². The molecule has 0 aliphatic carbocycles. The lowest BCUT2D eigenvalue weighted by molar-refractivity contribution is 0.0754. The summed E-state index contributed by atoms with van der Waals surface area (Å²) in [4.78, 5) is 14.0. The van der Waals surface area contributed by atoms with Crippen molar-refractivity contribution >= 4 is 16.8 Å². The van der Waals surface area contributed by atoms with Crippen molar-refractivity contribution in [2.75, 3.05) is 19.7 Å². The third-order valence-corrected chi connectivity index (χ3v) is 2.94. The topological polar surface area (TPSA) is 69.2 Å². The minimum Gasteiger partial charge on any atom is -0.396 e. The lowest BCUT2D eigenvalue weighted by Gasteiger charge is -2.20. The first-order valence-electron chi connectivity index (χ1n) is 6.09. The number of carbonyl (C=O) groups excluding carboxylic acids is 1. The molecule has 2 rings (SSSR count). The summed E-state index contributed by atoms with van der Waals surface area (Å²) in [6.45, 7) is 3.26. The molecule has 96 valence electrons. The summed E-state index contributed by atoms with van der Waals surface area (Å²) >= 11 is 0. The highest BCUT2D eigenvalue weighted by atomic mass is 16.3. The Morgan fingerprint density at radius 1 is 1.50 bits per heavy atom. The number of hydrogen-bond acceptors (Lipinski definition) is 3. The van der Waals surface area contributed by atoms with E-state index in [1.54, 1.807) is 17.2 Å². The molecular weight excluding hydrogens is 230 g/mol. The number of amides is 1. The molecule has 18 heavy (non-hydrogen) atoms. The van der Waals surface area contributed by atoms with Gasteiger partial charge in [-0.2, -0.15) is 5.10 Å². The molecule has 0 saturated carbocycles. The molecule has 0 bridgehead atoms. The first-order valence-corrected chi connectivity index (χ1v) is 6.09. The number of fused-ring (bicyclic) bond motifs is 1. The Balaban J connectivity index is 2.20. The zero-order chi connectivity index (χ0) is 13.0. The van der Waals surface area contributed by atoms with Crippen molar-refractivity contribution in [1.29, 1.82) is 0 Å². The van der Waals surface area contributed by atoms with E-state index in [1.165, 1.54) is 0 Å². The molecule has 0 aliphatic heterocycles. The standard InChI is InChI=1S/C13H17N3O2/c1-2-16(6-3-7-17)13(18)10-4-5-12-11(8-10)9-14-15-12/h4-5,8-9,17H,2-3,6-7H2,1H3,(H,14,15). The van der Waals surface area contributed by atoms with E-state index in [0.29, 0.717) is 25.1 Å². The van der Waals surface area contributed by atoms with Crippen molar-refractivity contribution < 1.29 is 9.90 Å². The SMILES string of the molecule is CCN(CCCO)C(=O)c1ccc2[nH]ncc2c1. The van der Waals surface area contributed by atoms with Gasteiger partial charge >= 0.3 is 0 Å². The Labute approximate surface area is 105 Å². The van der Waals surface area contributed by atoms with Crippen molar-refractivity contribution in [3.63, 3.8) is 0 Å². The van der Waals surface area contributed by atoms with Gasteiger partial charge in [-0.25, -0.2) is 0 Å². The zero-order valence-electron chi connectivity index (χ0n) is 10.4. The minimum absolute atomic E-state index is 0.00551. The fourth-order valence-corrected chi connectivity index (χ4v) is 1.92. The minimum atomic E-state index is -0.00551. The Kier molecular flexibility index (Phi) is 3.94. The first-order chi connectivity index (χ1) is 8.76. The number of aromatic amines is 1. The lowest BCUT2D eigenvalue weighted by atomic mass is 10.1. The fraction of sp³-hybridized carbons (Fsp3) is 0.385. The quantitative estimate of drug-likeness (QED) is 0.839. The summed E-state index contributed by atoms with van der Waals surface area (Å²) in [5, 5.41) is 16.5. The Bertz CT molecular complexity index is 536. The predicted octanol–water partition coefficient (Wildman–Crippen LogP) is 1.41. The smallest absolute Gasteiger partial charge is 0.253 e. The molecule has 0 saturated heterocycles. The van der Waals surface area contributed by atoms with Gasteiger partial charge in [-0.15, -0.1) is 0 Å². The molecule has 5 nitrogen and oxygen atoms in total. The van der Waals surface area contributed by atoms with Crippen LogP contribution in [-0.4, -0.2) is 45.8 Å². The highest BCUT2D eigenvalue weighted by Gasteiger charge is 2.14. The number of aromatic nitrogens is 2. The van der Waals surface area contributed by atoms with Gasteiger partial charge in [0, 0.05) is 30.6 Å². The predicted molar refractivity (Wildman–Crippen MR) is 69.4 cm³/mol. The Morgan fingerprint density at radius 2 is 2.33 bits per heavy atom. The molecule has 2 aromatic rings. The van der Waals surface area contributed by atoms with Crippen LogP contribution in [0.5, 0.6) is 0 Å². The molecular formula is C13H17N3O2. The summed E-state index contributed by atoms with van der Waals surface area (Å²) in [6, 6.07) is 5.49. The van der Waals surface area contributed by atoms with Crippen LogP contribution in [0.25, 0.3) is 10.9 Å². The second-order valence-corrected chi connectivity index (χ2v) is 4.13. The van der Waals surface area contributed by atoms with Crippen molar-refractivity contribution in [3.05, 3.63) is 30.0 Å². The summed E-state index contributed by atoms with van der Waals surface area (Å²) < 4.78 is 0. The summed E-state index contributed by atoms with van der Waals surface area (Å²) in [5.74, 6) is -0.00551. The largest absolute Gasteiger partial charge is 0.396 e. The molecule has 0 spiro atoms. The second kappa shape index (κ2) is 5.64. The number of H-pyrrole nitrogens is 1. The van der Waals surface area contributed by atoms with E-state index in [2.05, 4.69) is 10.2 Å². The molecule has 1 aromatic carbocycles. The number of benzene rings is 1. The van der Waals surface area contributed by atoms with E-state index < -0.39 is 0 Å². The van der Waals surface area contributed by atoms with Crippen molar-refractivity contribution in [1.82, 2.24) is 15.1 Å². The van der Waals surface area contributed by atoms with Crippen LogP contribution in [0, 0.1) is 0 Å². The second-order valence-electron chi connectivity index (χ2n) is 4.13. The van der Waals surface area contributed by atoms with Gasteiger partial charge in [-0.3, -0.25) is 9.89 Å². The van der Waals surface area contributed by atoms with Gasteiger partial charge in [0.15, 0.2) is 0 Å². The number of aliphatic hydroxyl groups excluding tert-OH is 1. The summed E-state index contributed by atoms with van der Waals surface area (Å²) in [6.07, 6.45) is 2.31. The van der Waals surface area contributed by atoms with Crippen molar-refractivity contribution in [2.45, 2.75) is 13.3 Å². The highest BCUT2D eigenvalue weighted by molar-refractivity contribution is 5.97. The van der Waals surface area contributed by atoms with Gasteiger partial charge in [-0.05, 0) is 31.5 Å². The molecule has 2 N–H and O–H groups in total. The molecule has 0 unspecified atom stereocenters. The molecule has 0 aliphatic rings. The third kappa shape index (κ3) is 2.51. The third-order valence-electron chi connectivity index (χ3n) is 2.94. The molecule has 0 fully saturated rings. The average molecular weight is 247 g/mol. The molecule has 0 radical (unpaired) electrons. The van der Waals surface area contributed by atoms with Crippen LogP contribution < -0.4 is 0 Å². The maximum Gasteiger partial charge on any atom is 0.253 e. The highest BCUT2D eigenvalue weighted by Crippen LogP contribution is 2.14. The van der Waals surface area contributed by atoms with Crippen LogP contribution >= 0.6 is 0 Å². The number of aliphatic hydroxyl groups is 1. The number of nitrogens with one attached hydrogen (secondary N) is 1. The maximum absolute atomic E-state index is 12.3. The van der Waals surface area contributed by atoms with Gasteiger partial charge in [0.2, 0.25) is 0 Å². The maximum atomic E-state index is 12.3. The average Bonchev–Trinajstić information content (AvgIpc) is 2.86. The molecule has 1 aromatic heterocycles. The van der Waals surface area contributed by atoms with Crippen molar-refractivity contribution in [3.8, 4) is 0 Å². The summed E-state index contributed by atoms with van der Waals surface area (Å²) in [5.41, 5.74) is 1.58. The number of carbonyl (C=O) groups is 1. The van der Waals surface area contributed by atoms with Crippen LogP contribution in [0.1, 0.15) is 23.7 Å². The molecule has 5 heteroatoms.